The van der Waals surface area contributed by atoms with Gasteiger partial charge in [-0.3, -0.25) is 4.79 Å². The summed E-state index contributed by atoms with van der Waals surface area (Å²) in [5.41, 5.74) is 3.76. The van der Waals surface area contributed by atoms with E-state index in [1.165, 1.54) is 0 Å². The smallest absolute Gasteiger partial charge is 0.271 e. The van der Waals surface area contributed by atoms with Gasteiger partial charge in [0.2, 0.25) is 0 Å². The number of fused-ring (bicyclic) bond motifs is 1. The maximum Gasteiger partial charge on any atom is 0.271 e. The zero-order valence-electron chi connectivity index (χ0n) is 12.6. The van der Waals surface area contributed by atoms with Crippen molar-refractivity contribution < 1.29 is 19.0 Å². The molecule has 0 radical (unpaired) electrons. The summed E-state index contributed by atoms with van der Waals surface area (Å²) in [6, 6.07) is 12.3. The predicted molar refractivity (Wildman–Crippen MR) is 85.5 cm³/mol. The molecule has 1 N–H and O–H groups in total. The molecule has 2 aromatic carbocycles. The van der Waals surface area contributed by atoms with Crippen LogP contribution in [-0.4, -0.2) is 32.4 Å². The van der Waals surface area contributed by atoms with Gasteiger partial charge >= 0.3 is 0 Å². The van der Waals surface area contributed by atoms with Crippen molar-refractivity contribution in [3.05, 3.63) is 53.6 Å². The number of carbonyl (C=O) groups excluding carboxylic acids is 1. The van der Waals surface area contributed by atoms with Crippen LogP contribution in [0.4, 0.5) is 0 Å². The van der Waals surface area contributed by atoms with E-state index in [1.54, 1.807) is 37.6 Å². The van der Waals surface area contributed by atoms with Crippen LogP contribution in [0.25, 0.3) is 0 Å². The Morgan fingerprint density at radius 3 is 2.83 bits per heavy atom. The van der Waals surface area contributed by atoms with Crippen molar-refractivity contribution in [2.75, 3.05) is 20.3 Å². The Morgan fingerprint density at radius 2 is 2.00 bits per heavy atom. The summed E-state index contributed by atoms with van der Waals surface area (Å²) in [6.45, 7) is 1.08. The van der Waals surface area contributed by atoms with Gasteiger partial charge in [-0.05, 0) is 42.0 Å². The van der Waals surface area contributed by atoms with Gasteiger partial charge < -0.3 is 14.2 Å². The minimum absolute atomic E-state index is 0.308. The van der Waals surface area contributed by atoms with Crippen molar-refractivity contribution in [3.8, 4) is 17.2 Å². The van der Waals surface area contributed by atoms with Gasteiger partial charge in [-0.25, -0.2) is 5.43 Å². The van der Waals surface area contributed by atoms with Crippen molar-refractivity contribution >= 4 is 12.1 Å². The molecule has 0 saturated heterocycles. The normalized spacial score (nSPS) is 12.9. The molecular formula is C17H16N2O4. The van der Waals surface area contributed by atoms with Crippen LogP contribution in [0.15, 0.2) is 47.6 Å². The Bertz CT molecular complexity index is 743. The Kier molecular flexibility index (Phi) is 4.42. The zero-order chi connectivity index (χ0) is 16.1. The SMILES string of the molecule is COc1cccc(C(=O)N/N=C/c2ccc3c(c2)OCCO3)c1. The summed E-state index contributed by atoms with van der Waals surface area (Å²) >= 11 is 0. The first kappa shape index (κ1) is 14.9. The molecule has 2 aromatic rings. The molecule has 0 fully saturated rings. The van der Waals surface area contributed by atoms with E-state index in [-0.39, 0.29) is 5.91 Å². The number of hydrogen-bond acceptors (Lipinski definition) is 5. The number of amides is 1. The number of nitrogens with zero attached hydrogens (tertiary/aromatic N) is 1. The van der Waals surface area contributed by atoms with E-state index in [9.17, 15) is 4.79 Å². The molecule has 23 heavy (non-hydrogen) atoms. The van der Waals surface area contributed by atoms with Gasteiger partial charge in [0.1, 0.15) is 19.0 Å². The molecule has 0 bridgehead atoms. The standard InChI is InChI=1S/C17H16N2O4/c1-21-14-4-2-3-13(10-14)17(20)19-18-11-12-5-6-15-16(9-12)23-8-7-22-15/h2-6,9-11H,7-8H2,1H3,(H,19,20)/b18-11+. The van der Waals surface area contributed by atoms with E-state index in [4.69, 9.17) is 14.2 Å². The molecule has 1 aliphatic rings. The first-order chi connectivity index (χ1) is 11.3. The van der Waals surface area contributed by atoms with Crippen molar-refractivity contribution in [2.24, 2.45) is 5.10 Å². The van der Waals surface area contributed by atoms with E-state index in [0.29, 0.717) is 36.0 Å². The van der Waals surface area contributed by atoms with Crippen LogP contribution < -0.4 is 19.6 Å². The molecule has 0 saturated carbocycles. The lowest BCUT2D eigenvalue weighted by molar-refractivity contribution is 0.0955. The van der Waals surface area contributed by atoms with Crippen LogP contribution in [0.3, 0.4) is 0 Å². The van der Waals surface area contributed by atoms with Gasteiger partial charge in [-0.15, -0.1) is 0 Å². The molecule has 6 nitrogen and oxygen atoms in total. The Labute approximate surface area is 133 Å². The molecular weight excluding hydrogens is 296 g/mol. The van der Waals surface area contributed by atoms with Crippen LogP contribution in [-0.2, 0) is 0 Å². The summed E-state index contributed by atoms with van der Waals surface area (Å²) in [5, 5.41) is 3.96. The number of carbonyl (C=O) groups is 1. The second-order valence-corrected chi connectivity index (χ2v) is 4.83. The second-order valence-electron chi connectivity index (χ2n) is 4.83. The number of ether oxygens (including phenoxy) is 3. The van der Waals surface area contributed by atoms with Crippen LogP contribution in [0.5, 0.6) is 17.2 Å². The van der Waals surface area contributed by atoms with Gasteiger partial charge in [0, 0.05) is 5.56 Å². The van der Waals surface area contributed by atoms with E-state index >= 15 is 0 Å². The fourth-order valence-corrected chi connectivity index (χ4v) is 2.13. The van der Waals surface area contributed by atoms with Crippen LogP contribution >= 0.6 is 0 Å². The van der Waals surface area contributed by atoms with E-state index in [0.717, 1.165) is 5.56 Å². The maximum absolute atomic E-state index is 12.0. The van der Waals surface area contributed by atoms with Crippen LogP contribution in [0, 0.1) is 0 Å². The molecule has 1 heterocycles. The summed E-state index contributed by atoms with van der Waals surface area (Å²) in [6.07, 6.45) is 1.55. The van der Waals surface area contributed by atoms with Crippen molar-refractivity contribution in [1.29, 1.82) is 0 Å². The summed E-state index contributed by atoms with van der Waals surface area (Å²) < 4.78 is 16.0. The number of hydrogen-bond donors (Lipinski definition) is 1. The largest absolute Gasteiger partial charge is 0.497 e. The highest BCUT2D eigenvalue weighted by Gasteiger charge is 2.11. The Hall–Kier alpha value is -3.02. The van der Waals surface area contributed by atoms with E-state index in [1.807, 2.05) is 18.2 Å². The molecule has 118 valence electrons. The molecule has 0 spiro atoms. The van der Waals surface area contributed by atoms with Gasteiger partial charge in [0.15, 0.2) is 11.5 Å². The fourth-order valence-electron chi connectivity index (χ4n) is 2.13. The van der Waals surface area contributed by atoms with Crippen molar-refractivity contribution in [2.45, 2.75) is 0 Å². The third-order valence-electron chi connectivity index (χ3n) is 3.28. The second kappa shape index (κ2) is 6.83. The third kappa shape index (κ3) is 3.60. The van der Waals surface area contributed by atoms with Gasteiger partial charge in [0.25, 0.3) is 5.91 Å². The number of rotatable bonds is 4. The first-order valence-electron chi connectivity index (χ1n) is 7.13. The Morgan fingerprint density at radius 1 is 1.17 bits per heavy atom. The lowest BCUT2D eigenvalue weighted by Crippen LogP contribution is -2.17. The van der Waals surface area contributed by atoms with Gasteiger partial charge in [-0.2, -0.15) is 5.10 Å². The number of methoxy groups -OCH3 is 1. The van der Waals surface area contributed by atoms with Gasteiger partial charge in [-0.1, -0.05) is 6.07 Å². The molecule has 6 heteroatoms. The highest BCUT2D eigenvalue weighted by atomic mass is 16.6. The highest BCUT2D eigenvalue weighted by molar-refractivity contribution is 5.95. The third-order valence-corrected chi connectivity index (χ3v) is 3.28. The number of benzene rings is 2. The van der Waals surface area contributed by atoms with Crippen LogP contribution in [0.2, 0.25) is 0 Å². The number of nitrogens with one attached hydrogen (secondary N) is 1. The predicted octanol–water partition coefficient (Wildman–Crippen LogP) is 2.23. The van der Waals surface area contributed by atoms with E-state index < -0.39 is 0 Å². The van der Waals surface area contributed by atoms with Gasteiger partial charge in [0.05, 0.1) is 13.3 Å². The first-order valence-corrected chi connectivity index (χ1v) is 7.13. The average molecular weight is 312 g/mol. The topological polar surface area (TPSA) is 69.2 Å². The molecule has 0 aliphatic carbocycles. The minimum atomic E-state index is -0.308. The zero-order valence-corrected chi connectivity index (χ0v) is 12.6. The lowest BCUT2D eigenvalue weighted by atomic mass is 10.2. The summed E-state index contributed by atoms with van der Waals surface area (Å²) in [4.78, 5) is 12.0. The van der Waals surface area contributed by atoms with Crippen LogP contribution in [0.1, 0.15) is 15.9 Å². The molecule has 1 aliphatic heterocycles. The minimum Gasteiger partial charge on any atom is -0.497 e. The van der Waals surface area contributed by atoms with E-state index in [2.05, 4.69) is 10.5 Å². The molecule has 0 aromatic heterocycles. The quantitative estimate of drug-likeness (QED) is 0.694. The summed E-state index contributed by atoms with van der Waals surface area (Å²) in [7, 11) is 1.55. The molecule has 1 amide bonds. The maximum atomic E-state index is 12.0. The number of hydrazone groups is 1. The van der Waals surface area contributed by atoms with Crippen molar-refractivity contribution in [3.63, 3.8) is 0 Å². The monoisotopic (exact) mass is 312 g/mol. The highest BCUT2D eigenvalue weighted by Crippen LogP contribution is 2.30. The fraction of sp³-hybridized carbons (Fsp3) is 0.176. The molecule has 3 rings (SSSR count). The van der Waals surface area contributed by atoms with Crippen molar-refractivity contribution in [1.82, 2.24) is 5.43 Å². The molecule has 0 unspecified atom stereocenters. The molecule has 0 atom stereocenters. The Balaban J connectivity index is 1.65. The lowest BCUT2D eigenvalue weighted by Gasteiger charge is -2.18. The summed E-state index contributed by atoms with van der Waals surface area (Å²) in [5.74, 6) is 1.71. The average Bonchev–Trinajstić information content (AvgIpc) is 2.61.